The van der Waals surface area contributed by atoms with Crippen molar-refractivity contribution in [2.24, 2.45) is 0 Å². The number of sulfonamides is 1. The summed E-state index contributed by atoms with van der Waals surface area (Å²) in [7, 11) is -3.64. The van der Waals surface area contributed by atoms with Gasteiger partial charge in [0, 0.05) is 12.8 Å². The number of para-hydroxylation sites is 1. The molecule has 176 valence electrons. The van der Waals surface area contributed by atoms with Crippen LogP contribution in [0.5, 0.6) is 11.5 Å². The predicted molar refractivity (Wildman–Crippen MR) is 123 cm³/mol. The molecular weight excluding hydrogens is 434 g/mol. The van der Waals surface area contributed by atoms with Crippen LogP contribution in [0.4, 0.5) is 11.8 Å². The molecule has 0 radical (unpaired) electrons. The summed E-state index contributed by atoms with van der Waals surface area (Å²) in [6, 6.07) is 7.32. The van der Waals surface area contributed by atoms with Crippen LogP contribution >= 0.6 is 0 Å². The Morgan fingerprint density at radius 3 is 2.50 bits per heavy atom. The van der Waals surface area contributed by atoms with E-state index in [1.54, 1.807) is 6.07 Å². The van der Waals surface area contributed by atoms with Gasteiger partial charge in [-0.05, 0) is 38.3 Å². The smallest absolute Gasteiger partial charge is 0.237 e. The SMILES string of the molecule is CCc1nc(N)nc(N)c1OCCCOc1ccccc1CCC(=O)NS(=O)(=O)C(C)C. The Hall–Kier alpha value is -3.08. The number of anilines is 2. The lowest BCUT2D eigenvalue weighted by Crippen LogP contribution is -2.35. The van der Waals surface area contributed by atoms with E-state index in [0.29, 0.717) is 49.7 Å². The summed E-state index contributed by atoms with van der Waals surface area (Å²) in [6.07, 6.45) is 1.58. The van der Waals surface area contributed by atoms with Crippen LogP contribution in [0.25, 0.3) is 0 Å². The third-order valence-corrected chi connectivity index (χ3v) is 6.33. The van der Waals surface area contributed by atoms with Gasteiger partial charge in [-0.3, -0.25) is 9.52 Å². The molecule has 0 saturated heterocycles. The first-order valence-corrected chi connectivity index (χ1v) is 12.0. The summed E-state index contributed by atoms with van der Waals surface area (Å²) in [5, 5.41) is -0.673. The van der Waals surface area contributed by atoms with Crippen molar-refractivity contribution in [2.75, 3.05) is 24.7 Å². The molecule has 1 aromatic carbocycles. The number of ether oxygens (including phenoxy) is 2. The topological polar surface area (TPSA) is 160 Å². The maximum Gasteiger partial charge on any atom is 0.237 e. The van der Waals surface area contributed by atoms with Crippen LogP contribution in [-0.2, 0) is 27.7 Å². The van der Waals surface area contributed by atoms with Crippen molar-refractivity contribution in [1.82, 2.24) is 14.7 Å². The van der Waals surface area contributed by atoms with E-state index in [4.69, 9.17) is 20.9 Å². The lowest BCUT2D eigenvalue weighted by Gasteiger charge is -2.14. The number of nitrogen functional groups attached to an aromatic ring is 2. The average molecular weight is 466 g/mol. The van der Waals surface area contributed by atoms with Crippen LogP contribution in [0.15, 0.2) is 24.3 Å². The number of hydrogen-bond donors (Lipinski definition) is 3. The zero-order chi connectivity index (χ0) is 23.7. The number of carbonyl (C=O) groups excluding carboxylic acids is 1. The molecule has 0 spiro atoms. The third-order valence-electron chi connectivity index (χ3n) is 4.58. The fraction of sp³-hybridized carbons (Fsp3) is 0.476. The maximum absolute atomic E-state index is 12.0. The molecule has 1 amide bonds. The summed E-state index contributed by atoms with van der Waals surface area (Å²) in [4.78, 5) is 20.1. The summed E-state index contributed by atoms with van der Waals surface area (Å²) < 4.78 is 37.3. The molecule has 2 aromatic rings. The molecule has 0 aliphatic rings. The number of hydrogen-bond acceptors (Lipinski definition) is 9. The van der Waals surface area contributed by atoms with E-state index in [9.17, 15) is 13.2 Å². The van der Waals surface area contributed by atoms with Crippen molar-refractivity contribution in [1.29, 1.82) is 0 Å². The molecule has 0 aliphatic carbocycles. The predicted octanol–water partition coefficient (Wildman–Crippen LogP) is 1.84. The molecule has 2 rings (SSSR count). The van der Waals surface area contributed by atoms with Crippen LogP contribution in [0, 0.1) is 0 Å². The Balaban J connectivity index is 1.85. The Bertz CT molecular complexity index is 1030. The molecule has 1 heterocycles. The minimum absolute atomic E-state index is 0.0334. The molecule has 32 heavy (non-hydrogen) atoms. The number of nitrogens with two attached hydrogens (primary N) is 2. The first kappa shape index (κ1) is 25.2. The molecular formula is C21H31N5O5S. The molecule has 0 bridgehead atoms. The zero-order valence-corrected chi connectivity index (χ0v) is 19.4. The van der Waals surface area contributed by atoms with Gasteiger partial charge < -0.3 is 20.9 Å². The van der Waals surface area contributed by atoms with Crippen molar-refractivity contribution in [3.63, 3.8) is 0 Å². The number of benzene rings is 1. The van der Waals surface area contributed by atoms with E-state index in [-0.39, 0.29) is 18.2 Å². The Morgan fingerprint density at radius 2 is 1.81 bits per heavy atom. The minimum atomic E-state index is -3.64. The normalized spacial score (nSPS) is 11.4. The standard InChI is InChI=1S/C21H31N5O5S/c1-4-16-19(20(22)25-21(23)24-16)31-13-7-12-30-17-9-6-5-8-15(17)10-11-18(27)26-32(28,29)14(2)3/h5-6,8-9,14H,4,7,10-13H2,1-3H3,(H,26,27)(H4,22,23,24,25). The fourth-order valence-corrected chi connectivity index (χ4v) is 3.43. The second-order valence-electron chi connectivity index (χ2n) is 7.37. The Morgan fingerprint density at radius 1 is 1.12 bits per heavy atom. The lowest BCUT2D eigenvalue weighted by atomic mass is 10.1. The Labute approximate surface area is 188 Å². The van der Waals surface area contributed by atoms with Gasteiger partial charge in [0.1, 0.15) is 5.75 Å². The number of carbonyl (C=O) groups is 1. The molecule has 0 atom stereocenters. The average Bonchev–Trinajstić information content (AvgIpc) is 2.73. The van der Waals surface area contributed by atoms with Crippen LogP contribution in [-0.4, -0.2) is 42.8 Å². The third kappa shape index (κ3) is 7.26. The summed E-state index contributed by atoms with van der Waals surface area (Å²) in [5.41, 5.74) is 13.0. The van der Waals surface area contributed by atoms with E-state index < -0.39 is 21.2 Å². The number of aromatic nitrogens is 2. The largest absolute Gasteiger partial charge is 0.493 e. The summed E-state index contributed by atoms with van der Waals surface area (Å²) >= 11 is 0. The highest BCUT2D eigenvalue weighted by atomic mass is 32.2. The molecule has 0 fully saturated rings. The van der Waals surface area contributed by atoms with Gasteiger partial charge in [-0.25, -0.2) is 13.4 Å². The monoisotopic (exact) mass is 465 g/mol. The van der Waals surface area contributed by atoms with E-state index in [2.05, 4.69) is 14.7 Å². The van der Waals surface area contributed by atoms with Crippen molar-refractivity contribution in [3.8, 4) is 11.5 Å². The minimum Gasteiger partial charge on any atom is -0.493 e. The van der Waals surface area contributed by atoms with E-state index in [1.807, 2.05) is 25.1 Å². The number of nitrogens with zero attached hydrogens (tertiary/aromatic N) is 2. The van der Waals surface area contributed by atoms with Gasteiger partial charge in [-0.1, -0.05) is 25.1 Å². The van der Waals surface area contributed by atoms with Gasteiger partial charge >= 0.3 is 0 Å². The van der Waals surface area contributed by atoms with Gasteiger partial charge in [0.05, 0.1) is 24.2 Å². The van der Waals surface area contributed by atoms with Crippen LogP contribution < -0.4 is 25.7 Å². The van der Waals surface area contributed by atoms with Gasteiger partial charge in [0.2, 0.25) is 21.9 Å². The molecule has 0 saturated carbocycles. The summed E-state index contributed by atoms with van der Waals surface area (Å²) in [6.45, 7) is 5.68. The first-order valence-electron chi connectivity index (χ1n) is 10.4. The highest BCUT2D eigenvalue weighted by Gasteiger charge is 2.19. The molecule has 0 unspecified atom stereocenters. The van der Waals surface area contributed by atoms with Crippen molar-refractivity contribution in [3.05, 3.63) is 35.5 Å². The quantitative estimate of drug-likeness (QED) is 0.397. The van der Waals surface area contributed by atoms with Gasteiger partial charge in [-0.2, -0.15) is 4.98 Å². The number of amides is 1. The first-order chi connectivity index (χ1) is 15.1. The highest BCUT2D eigenvalue weighted by Crippen LogP contribution is 2.25. The molecule has 5 N–H and O–H groups in total. The highest BCUT2D eigenvalue weighted by molar-refractivity contribution is 7.90. The fourth-order valence-electron chi connectivity index (χ4n) is 2.78. The van der Waals surface area contributed by atoms with Gasteiger partial charge in [-0.15, -0.1) is 0 Å². The van der Waals surface area contributed by atoms with E-state index in [0.717, 1.165) is 5.56 Å². The van der Waals surface area contributed by atoms with Crippen LogP contribution in [0.1, 0.15) is 44.9 Å². The maximum atomic E-state index is 12.0. The number of nitrogens with one attached hydrogen (secondary N) is 1. The van der Waals surface area contributed by atoms with Crippen LogP contribution in [0.3, 0.4) is 0 Å². The van der Waals surface area contributed by atoms with Crippen molar-refractivity contribution >= 4 is 27.7 Å². The van der Waals surface area contributed by atoms with Crippen molar-refractivity contribution < 1.29 is 22.7 Å². The van der Waals surface area contributed by atoms with Crippen molar-refractivity contribution in [2.45, 2.75) is 51.7 Å². The second-order valence-corrected chi connectivity index (χ2v) is 9.61. The van der Waals surface area contributed by atoms with E-state index in [1.165, 1.54) is 13.8 Å². The molecule has 11 heteroatoms. The Kier molecular flexibility index (Phi) is 9.06. The number of aryl methyl sites for hydroxylation is 2. The summed E-state index contributed by atoms with van der Waals surface area (Å²) in [5.74, 6) is 0.846. The lowest BCUT2D eigenvalue weighted by molar-refractivity contribution is -0.119. The van der Waals surface area contributed by atoms with Crippen LogP contribution in [0.2, 0.25) is 0 Å². The zero-order valence-electron chi connectivity index (χ0n) is 18.6. The second kappa shape index (κ2) is 11.5. The van der Waals surface area contributed by atoms with E-state index >= 15 is 0 Å². The molecule has 0 aliphatic heterocycles. The molecule has 1 aromatic heterocycles. The molecule has 10 nitrogen and oxygen atoms in total. The van der Waals surface area contributed by atoms with Gasteiger partial charge in [0.15, 0.2) is 11.6 Å². The van der Waals surface area contributed by atoms with Gasteiger partial charge in [0.25, 0.3) is 0 Å². The number of rotatable bonds is 12.